The van der Waals surface area contributed by atoms with Gasteiger partial charge in [0.2, 0.25) is 0 Å². The van der Waals surface area contributed by atoms with Gasteiger partial charge in [0.15, 0.2) is 0 Å². The molecule has 0 aromatic heterocycles. The van der Waals surface area contributed by atoms with Gasteiger partial charge in [0.05, 0.1) is 0 Å². The van der Waals surface area contributed by atoms with Gasteiger partial charge >= 0.3 is 0 Å². The standard InChI is InChI=1S/C66H54N4/c1-50-20-13-14-21-53(50)26-19-47-67(58-27-7-4-8-28-58)51(2)33-34-52(3)68(61-39-43-63(44-40-61)69(59-29-9-5-10-30-59)65-37-35-54-22-15-17-24-56(54)48-65)62-41-45-64(46-42-62)70(60-31-11-6-12-32-60)66-38-36-55-23-16-18-25-57(55)49-66/h4-17,19-24,26-49H,1-3,18,25H2/b34-33-,47-19+,53-26-. The maximum Gasteiger partial charge on any atom is 0.0468 e. The number of anilines is 9. The first-order valence-corrected chi connectivity index (χ1v) is 23.8. The van der Waals surface area contributed by atoms with Gasteiger partial charge in [-0.1, -0.05) is 153 Å². The second-order valence-electron chi connectivity index (χ2n) is 17.3. The minimum absolute atomic E-state index is 0.772. The lowest BCUT2D eigenvalue weighted by Gasteiger charge is -2.30. The monoisotopic (exact) mass is 902 g/mol. The van der Waals surface area contributed by atoms with E-state index in [4.69, 9.17) is 6.58 Å². The van der Waals surface area contributed by atoms with Crippen LogP contribution in [0.25, 0.3) is 29.5 Å². The molecule has 1 aliphatic rings. The van der Waals surface area contributed by atoms with Crippen LogP contribution in [0, 0.1) is 0 Å². The maximum atomic E-state index is 4.72. The molecule has 0 N–H and O–H groups in total. The van der Waals surface area contributed by atoms with E-state index in [-0.39, 0.29) is 0 Å². The van der Waals surface area contributed by atoms with E-state index in [1.54, 1.807) is 0 Å². The highest BCUT2D eigenvalue weighted by molar-refractivity contribution is 5.90. The van der Waals surface area contributed by atoms with Crippen LogP contribution in [0.1, 0.15) is 17.5 Å². The molecule has 0 aliphatic heterocycles. The lowest BCUT2D eigenvalue weighted by Crippen LogP contribution is -2.21. The molecule has 0 fully saturated rings. The molecule has 70 heavy (non-hydrogen) atoms. The summed E-state index contributed by atoms with van der Waals surface area (Å²) < 4.78 is 0. The normalized spacial score (nSPS) is 12.3. The molecule has 0 bridgehead atoms. The fraction of sp³-hybridized carbons (Fsp3) is 0.0303. The predicted molar refractivity (Wildman–Crippen MR) is 300 cm³/mol. The van der Waals surface area contributed by atoms with Crippen molar-refractivity contribution in [1.29, 1.82) is 0 Å². The lowest BCUT2D eigenvalue weighted by atomic mass is 9.96. The zero-order chi connectivity index (χ0) is 47.7. The van der Waals surface area contributed by atoms with Crippen LogP contribution in [0.15, 0.2) is 280 Å². The number of para-hydroxylation sites is 3. The Morgan fingerprint density at radius 1 is 0.429 bits per heavy atom. The summed E-state index contributed by atoms with van der Waals surface area (Å²) in [6.07, 6.45) is 16.8. The number of allylic oxidation sites excluding steroid dienone is 4. The summed E-state index contributed by atoms with van der Waals surface area (Å²) in [6, 6.07) is 79.0. The molecule has 0 saturated heterocycles. The summed E-state index contributed by atoms with van der Waals surface area (Å²) in [4.78, 5) is 8.94. The summed E-state index contributed by atoms with van der Waals surface area (Å²) >= 11 is 0. The van der Waals surface area contributed by atoms with Gasteiger partial charge in [0.1, 0.15) is 0 Å². The lowest BCUT2D eigenvalue weighted by molar-refractivity contribution is 0.984. The summed E-state index contributed by atoms with van der Waals surface area (Å²) in [7, 11) is 0. The highest BCUT2D eigenvalue weighted by atomic mass is 15.2. The van der Waals surface area contributed by atoms with Crippen molar-refractivity contribution >= 4 is 80.7 Å². The molecule has 9 aromatic rings. The van der Waals surface area contributed by atoms with Crippen molar-refractivity contribution in [1.82, 2.24) is 0 Å². The van der Waals surface area contributed by atoms with Crippen LogP contribution >= 0.6 is 0 Å². The van der Waals surface area contributed by atoms with Crippen LogP contribution in [0.4, 0.5) is 51.2 Å². The van der Waals surface area contributed by atoms with Gasteiger partial charge < -0.3 is 19.6 Å². The molecule has 0 unspecified atom stereocenters. The molecule has 4 nitrogen and oxygen atoms in total. The molecule has 0 atom stereocenters. The van der Waals surface area contributed by atoms with Crippen LogP contribution in [0.5, 0.6) is 0 Å². The third kappa shape index (κ3) is 9.94. The molecule has 0 spiro atoms. The first kappa shape index (κ1) is 44.7. The number of hydrogen-bond donors (Lipinski definition) is 0. The Labute approximate surface area is 412 Å². The number of fused-ring (bicyclic) bond motifs is 2. The number of aryl methyl sites for hydroxylation is 1. The van der Waals surface area contributed by atoms with Gasteiger partial charge in [-0.05, 0) is 173 Å². The van der Waals surface area contributed by atoms with Gasteiger partial charge in [0, 0.05) is 68.8 Å². The third-order valence-corrected chi connectivity index (χ3v) is 12.7. The van der Waals surface area contributed by atoms with Crippen molar-refractivity contribution in [3.05, 3.63) is 301 Å². The second kappa shape index (κ2) is 20.8. The topological polar surface area (TPSA) is 13.0 Å². The average molecular weight is 903 g/mol. The Bertz CT molecular complexity index is 3480. The summed E-state index contributed by atoms with van der Waals surface area (Å²) in [6.45, 7) is 13.5. The average Bonchev–Trinajstić information content (AvgIpc) is 3.41. The number of benzene rings is 9. The first-order chi connectivity index (χ1) is 34.5. The molecular weight excluding hydrogens is 849 g/mol. The number of hydrogen-bond acceptors (Lipinski definition) is 4. The van der Waals surface area contributed by atoms with Gasteiger partial charge in [0.25, 0.3) is 0 Å². The van der Waals surface area contributed by atoms with E-state index >= 15 is 0 Å². The molecule has 0 saturated carbocycles. The molecule has 9 aromatic carbocycles. The largest absolute Gasteiger partial charge is 0.318 e. The van der Waals surface area contributed by atoms with E-state index in [2.05, 4.69) is 239 Å². The summed E-state index contributed by atoms with van der Waals surface area (Å²) in [5, 5.41) is 4.43. The van der Waals surface area contributed by atoms with Crippen LogP contribution < -0.4 is 30.0 Å². The van der Waals surface area contributed by atoms with Gasteiger partial charge in [-0.15, -0.1) is 0 Å². The predicted octanol–water partition coefficient (Wildman–Crippen LogP) is 16.4. The van der Waals surface area contributed by atoms with Crippen molar-refractivity contribution in [2.45, 2.75) is 12.8 Å². The van der Waals surface area contributed by atoms with E-state index in [0.717, 1.165) is 85.9 Å². The summed E-state index contributed by atoms with van der Waals surface area (Å²) in [5.74, 6) is 0. The van der Waals surface area contributed by atoms with Crippen LogP contribution in [-0.4, -0.2) is 0 Å². The van der Waals surface area contributed by atoms with E-state index < -0.39 is 0 Å². The minimum atomic E-state index is 0.772. The zero-order valence-electron chi connectivity index (χ0n) is 39.2. The molecule has 4 heteroatoms. The highest BCUT2D eigenvalue weighted by Gasteiger charge is 2.19. The van der Waals surface area contributed by atoms with E-state index in [0.29, 0.717) is 0 Å². The van der Waals surface area contributed by atoms with Crippen molar-refractivity contribution in [2.24, 2.45) is 0 Å². The van der Waals surface area contributed by atoms with Crippen LogP contribution in [0.2, 0.25) is 0 Å². The van der Waals surface area contributed by atoms with Gasteiger partial charge in [-0.2, -0.15) is 0 Å². The van der Waals surface area contributed by atoms with Crippen molar-refractivity contribution < 1.29 is 0 Å². The summed E-state index contributed by atoms with van der Waals surface area (Å²) in [5.41, 5.74) is 13.6. The molecule has 0 amide bonds. The Balaban J connectivity index is 1.02. The Kier molecular flexibility index (Phi) is 13.3. The van der Waals surface area contributed by atoms with E-state index in [1.165, 1.54) is 21.9 Å². The molecular formula is C66H54N4. The quantitative estimate of drug-likeness (QED) is 0.0950. The molecule has 0 heterocycles. The Hall–Kier alpha value is -9.12. The Morgan fingerprint density at radius 2 is 0.914 bits per heavy atom. The first-order valence-electron chi connectivity index (χ1n) is 23.8. The number of rotatable bonds is 15. The molecule has 10 rings (SSSR count). The van der Waals surface area contributed by atoms with Crippen molar-refractivity contribution in [3.63, 3.8) is 0 Å². The fourth-order valence-corrected chi connectivity index (χ4v) is 9.12. The minimum Gasteiger partial charge on any atom is -0.318 e. The van der Waals surface area contributed by atoms with Crippen LogP contribution in [-0.2, 0) is 6.42 Å². The third-order valence-electron chi connectivity index (χ3n) is 12.7. The Morgan fingerprint density at radius 3 is 1.54 bits per heavy atom. The smallest absolute Gasteiger partial charge is 0.0468 e. The van der Waals surface area contributed by atoms with E-state index in [9.17, 15) is 0 Å². The fourth-order valence-electron chi connectivity index (χ4n) is 9.12. The van der Waals surface area contributed by atoms with Gasteiger partial charge in [-0.3, -0.25) is 0 Å². The zero-order valence-corrected chi connectivity index (χ0v) is 39.2. The highest BCUT2D eigenvalue weighted by Crippen LogP contribution is 2.41. The van der Waals surface area contributed by atoms with E-state index in [1.807, 2.05) is 60.8 Å². The number of nitrogens with zero attached hydrogens (tertiary/aromatic N) is 4. The van der Waals surface area contributed by atoms with Crippen molar-refractivity contribution in [2.75, 3.05) is 19.6 Å². The van der Waals surface area contributed by atoms with Crippen LogP contribution in [0.3, 0.4) is 0 Å². The van der Waals surface area contributed by atoms with Crippen molar-refractivity contribution in [3.8, 4) is 0 Å². The second-order valence-corrected chi connectivity index (χ2v) is 17.3. The maximum absolute atomic E-state index is 4.72. The molecule has 338 valence electrons. The molecule has 0 radical (unpaired) electrons. The molecule has 1 aliphatic carbocycles. The van der Waals surface area contributed by atoms with Gasteiger partial charge in [-0.25, -0.2) is 0 Å². The SMILES string of the molecule is C=C(/C=C\C(=C)N(c1ccc(N(c2ccccc2)c2ccc3c(c2)CCC=C3)cc1)c1ccc(N(c2ccccc2)c2ccc3ccccc3c2)cc1)N(/C=C/C=c1/ccccc1=C)c1ccccc1.